The van der Waals surface area contributed by atoms with Crippen molar-refractivity contribution in [3.8, 4) is 0 Å². The number of para-hydroxylation sites is 1. The zero-order valence-corrected chi connectivity index (χ0v) is 12.4. The molecule has 1 heterocycles. The molecule has 0 bridgehead atoms. The Hall–Kier alpha value is -1.39. The molecule has 0 spiro atoms. The normalized spacial score (nSPS) is 23.5. The molecular weight excluding hydrogens is 250 g/mol. The van der Waals surface area contributed by atoms with Crippen LogP contribution in [0.4, 0.5) is 5.69 Å². The average molecular weight is 275 g/mol. The molecule has 2 unspecified atom stereocenters. The Morgan fingerprint density at radius 1 is 1.30 bits per heavy atom. The first-order valence-electron chi connectivity index (χ1n) is 7.55. The van der Waals surface area contributed by atoms with Crippen molar-refractivity contribution in [2.45, 2.75) is 38.8 Å². The van der Waals surface area contributed by atoms with Gasteiger partial charge in [-0.1, -0.05) is 32.0 Å². The van der Waals surface area contributed by atoms with Gasteiger partial charge in [-0.05, 0) is 25.0 Å². The highest BCUT2D eigenvalue weighted by Crippen LogP contribution is 2.12. The average Bonchev–Trinajstić information content (AvgIpc) is 2.48. The lowest BCUT2D eigenvalue weighted by Crippen LogP contribution is -2.57. The van der Waals surface area contributed by atoms with Crippen molar-refractivity contribution in [3.05, 3.63) is 30.3 Å². The van der Waals surface area contributed by atoms with Gasteiger partial charge in [0, 0.05) is 30.9 Å². The van der Waals surface area contributed by atoms with Crippen molar-refractivity contribution < 1.29 is 4.79 Å². The maximum Gasteiger partial charge on any atom is 0.238 e. The highest BCUT2D eigenvalue weighted by molar-refractivity contribution is 5.92. The number of hydrogen-bond donors (Lipinski definition) is 2. The van der Waals surface area contributed by atoms with Gasteiger partial charge >= 0.3 is 0 Å². The molecule has 0 aromatic heterocycles. The third-order valence-corrected chi connectivity index (χ3v) is 3.98. The van der Waals surface area contributed by atoms with Gasteiger partial charge in [-0.2, -0.15) is 0 Å². The molecule has 2 rings (SSSR count). The predicted molar refractivity (Wildman–Crippen MR) is 82.8 cm³/mol. The number of anilines is 1. The molecule has 4 nitrogen and oxygen atoms in total. The molecule has 110 valence electrons. The minimum atomic E-state index is 0.0754. The zero-order valence-electron chi connectivity index (χ0n) is 12.4. The van der Waals surface area contributed by atoms with E-state index in [0.717, 1.165) is 31.6 Å². The largest absolute Gasteiger partial charge is 0.325 e. The molecule has 0 aliphatic carbocycles. The molecular formula is C16H25N3O. The first-order chi connectivity index (χ1) is 9.72. The summed E-state index contributed by atoms with van der Waals surface area (Å²) in [5.74, 6) is 0.0754. The fraction of sp³-hybridized carbons (Fsp3) is 0.562. The summed E-state index contributed by atoms with van der Waals surface area (Å²) in [6.45, 7) is 6.78. The van der Waals surface area contributed by atoms with Gasteiger partial charge in [0.05, 0.1) is 6.54 Å². The number of nitrogens with one attached hydrogen (secondary N) is 2. The standard InChI is InChI=1S/C16H25N3O/c1-3-13-11-19(15(4-2)10-17-13)12-16(20)18-14-8-6-5-7-9-14/h5-9,13,15,17H,3-4,10-12H2,1-2H3,(H,18,20). The minimum absolute atomic E-state index is 0.0754. The van der Waals surface area contributed by atoms with Gasteiger partial charge in [0.25, 0.3) is 0 Å². The highest BCUT2D eigenvalue weighted by atomic mass is 16.2. The molecule has 1 aliphatic heterocycles. The highest BCUT2D eigenvalue weighted by Gasteiger charge is 2.27. The second kappa shape index (κ2) is 7.41. The van der Waals surface area contributed by atoms with E-state index in [-0.39, 0.29) is 5.91 Å². The van der Waals surface area contributed by atoms with Crippen LogP contribution < -0.4 is 10.6 Å². The van der Waals surface area contributed by atoms with Crippen LogP contribution in [0.5, 0.6) is 0 Å². The van der Waals surface area contributed by atoms with Crippen LogP contribution in [0.1, 0.15) is 26.7 Å². The van der Waals surface area contributed by atoms with E-state index in [0.29, 0.717) is 18.6 Å². The first-order valence-corrected chi connectivity index (χ1v) is 7.55. The van der Waals surface area contributed by atoms with E-state index in [9.17, 15) is 4.79 Å². The summed E-state index contributed by atoms with van der Waals surface area (Å²) in [5.41, 5.74) is 0.868. The fourth-order valence-electron chi connectivity index (χ4n) is 2.70. The van der Waals surface area contributed by atoms with Crippen molar-refractivity contribution in [2.75, 3.05) is 25.0 Å². The van der Waals surface area contributed by atoms with E-state index in [1.165, 1.54) is 0 Å². The molecule has 2 atom stereocenters. The van der Waals surface area contributed by atoms with Crippen LogP contribution in [0.15, 0.2) is 30.3 Å². The first kappa shape index (κ1) is 15.0. The van der Waals surface area contributed by atoms with Crippen LogP contribution in [0.25, 0.3) is 0 Å². The van der Waals surface area contributed by atoms with Crippen molar-refractivity contribution in [2.24, 2.45) is 0 Å². The van der Waals surface area contributed by atoms with Crippen molar-refractivity contribution >= 4 is 11.6 Å². The van der Waals surface area contributed by atoms with Gasteiger partial charge in [0.1, 0.15) is 0 Å². The topological polar surface area (TPSA) is 44.4 Å². The maximum absolute atomic E-state index is 12.2. The van der Waals surface area contributed by atoms with E-state index in [1.54, 1.807) is 0 Å². The fourth-order valence-corrected chi connectivity index (χ4v) is 2.70. The van der Waals surface area contributed by atoms with Crippen LogP contribution in [-0.4, -0.2) is 42.5 Å². The number of piperazine rings is 1. The van der Waals surface area contributed by atoms with Gasteiger partial charge in [-0.25, -0.2) is 0 Å². The lowest BCUT2D eigenvalue weighted by molar-refractivity contribution is -0.118. The predicted octanol–water partition coefficient (Wildman–Crippen LogP) is 2.09. The summed E-state index contributed by atoms with van der Waals surface area (Å²) < 4.78 is 0. The van der Waals surface area contributed by atoms with Crippen molar-refractivity contribution in [1.29, 1.82) is 0 Å². The summed E-state index contributed by atoms with van der Waals surface area (Å²) >= 11 is 0. The number of amides is 1. The molecule has 1 saturated heterocycles. The minimum Gasteiger partial charge on any atom is -0.325 e. The molecule has 1 aromatic carbocycles. The van der Waals surface area contributed by atoms with Crippen molar-refractivity contribution in [1.82, 2.24) is 10.2 Å². The Bertz CT molecular complexity index is 421. The second-order valence-corrected chi connectivity index (χ2v) is 5.42. The second-order valence-electron chi connectivity index (χ2n) is 5.42. The van der Waals surface area contributed by atoms with Gasteiger partial charge in [0.15, 0.2) is 0 Å². The molecule has 1 aliphatic rings. The molecule has 1 fully saturated rings. The van der Waals surface area contributed by atoms with E-state index >= 15 is 0 Å². The summed E-state index contributed by atoms with van der Waals surface area (Å²) in [6.07, 6.45) is 2.18. The summed E-state index contributed by atoms with van der Waals surface area (Å²) in [4.78, 5) is 14.5. The lowest BCUT2D eigenvalue weighted by atomic mass is 10.1. The van der Waals surface area contributed by atoms with E-state index in [1.807, 2.05) is 30.3 Å². The Balaban J connectivity index is 1.90. The molecule has 1 aromatic rings. The monoisotopic (exact) mass is 275 g/mol. The smallest absolute Gasteiger partial charge is 0.238 e. The Kier molecular flexibility index (Phi) is 5.56. The molecule has 0 saturated carbocycles. The van der Waals surface area contributed by atoms with Gasteiger partial charge in [-0.15, -0.1) is 0 Å². The number of benzene rings is 1. The van der Waals surface area contributed by atoms with Crippen LogP contribution >= 0.6 is 0 Å². The maximum atomic E-state index is 12.2. The SMILES string of the molecule is CCC1CN(CC(=O)Nc2ccccc2)C(CC)CN1. The van der Waals surface area contributed by atoms with Gasteiger partial charge in [-0.3, -0.25) is 9.69 Å². The van der Waals surface area contributed by atoms with Crippen LogP contribution in [0.2, 0.25) is 0 Å². The molecule has 0 radical (unpaired) electrons. The van der Waals surface area contributed by atoms with Gasteiger partial charge < -0.3 is 10.6 Å². The Morgan fingerprint density at radius 2 is 2.05 bits per heavy atom. The summed E-state index contributed by atoms with van der Waals surface area (Å²) in [5, 5.41) is 6.52. The third-order valence-electron chi connectivity index (χ3n) is 3.98. The lowest BCUT2D eigenvalue weighted by Gasteiger charge is -2.39. The molecule has 4 heteroatoms. The number of nitrogens with zero attached hydrogens (tertiary/aromatic N) is 1. The summed E-state index contributed by atoms with van der Waals surface area (Å²) in [6, 6.07) is 10.6. The number of hydrogen-bond acceptors (Lipinski definition) is 3. The van der Waals surface area contributed by atoms with Gasteiger partial charge in [0.2, 0.25) is 5.91 Å². The quantitative estimate of drug-likeness (QED) is 0.865. The van der Waals surface area contributed by atoms with Crippen molar-refractivity contribution in [3.63, 3.8) is 0 Å². The number of carbonyl (C=O) groups is 1. The Morgan fingerprint density at radius 3 is 2.70 bits per heavy atom. The van der Waals surface area contributed by atoms with Crippen LogP contribution in [0.3, 0.4) is 0 Å². The summed E-state index contributed by atoms with van der Waals surface area (Å²) in [7, 11) is 0. The zero-order chi connectivity index (χ0) is 14.4. The van der Waals surface area contributed by atoms with E-state index in [4.69, 9.17) is 0 Å². The molecule has 1 amide bonds. The number of rotatable bonds is 5. The van der Waals surface area contributed by atoms with Crippen LogP contribution in [-0.2, 0) is 4.79 Å². The van der Waals surface area contributed by atoms with Crippen LogP contribution in [0, 0.1) is 0 Å². The Labute approximate surface area is 121 Å². The molecule has 2 N–H and O–H groups in total. The van der Waals surface area contributed by atoms with E-state index < -0.39 is 0 Å². The number of carbonyl (C=O) groups excluding carboxylic acids is 1. The van der Waals surface area contributed by atoms with E-state index in [2.05, 4.69) is 29.4 Å². The third kappa shape index (κ3) is 4.05. The molecule has 20 heavy (non-hydrogen) atoms.